The lowest BCUT2D eigenvalue weighted by molar-refractivity contribution is -0.116. The third-order valence-electron chi connectivity index (χ3n) is 6.07. The largest absolute Gasteiger partial charge is 0.326 e. The van der Waals surface area contributed by atoms with Crippen LogP contribution in [-0.2, 0) is 16.1 Å². The maximum Gasteiger partial charge on any atom is 0.261 e. The fourth-order valence-electron chi connectivity index (χ4n) is 4.21. The van der Waals surface area contributed by atoms with Crippen LogP contribution in [0, 0.1) is 6.92 Å². The first-order valence-electron chi connectivity index (χ1n) is 11.5. The van der Waals surface area contributed by atoms with E-state index < -0.39 is 0 Å². The number of carbonyl (C=O) groups is 3. The van der Waals surface area contributed by atoms with Crippen LogP contribution in [0.4, 0.5) is 17.1 Å². The number of nitrogens with one attached hydrogen (secondary N) is 2. The molecule has 0 fully saturated rings. The maximum absolute atomic E-state index is 13.1. The minimum Gasteiger partial charge on any atom is -0.326 e. The molecule has 0 radical (unpaired) electrons. The van der Waals surface area contributed by atoms with Gasteiger partial charge in [-0.05, 0) is 55.0 Å². The molecule has 0 aliphatic carbocycles. The molecule has 180 valence electrons. The molecular formula is C27H23N5O4. The number of benzene rings is 3. The summed E-state index contributed by atoms with van der Waals surface area (Å²) < 4.78 is 1.43. The van der Waals surface area contributed by atoms with Gasteiger partial charge in [0.15, 0.2) is 0 Å². The van der Waals surface area contributed by atoms with Crippen molar-refractivity contribution in [1.82, 2.24) is 9.55 Å². The zero-order chi connectivity index (χ0) is 25.2. The third-order valence-corrected chi connectivity index (χ3v) is 6.07. The summed E-state index contributed by atoms with van der Waals surface area (Å²) in [5, 5.41) is 6.06. The first-order valence-corrected chi connectivity index (χ1v) is 11.5. The predicted molar refractivity (Wildman–Crippen MR) is 137 cm³/mol. The molecular weight excluding hydrogens is 458 g/mol. The molecule has 1 aliphatic rings. The van der Waals surface area contributed by atoms with E-state index in [2.05, 4.69) is 15.6 Å². The Morgan fingerprint density at radius 2 is 1.78 bits per heavy atom. The minimum atomic E-state index is -0.311. The van der Waals surface area contributed by atoms with Gasteiger partial charge in [0.05, 0.1) is 28.6 Å². The Labute approximate surface area is 206 Å². The highest BCUT2D eigenvalue weighted by atomic mass is 16.2. The Bertz CT molecular complexity index is 1560. The Kier molecular flexibility index (Phi) is 6.03. The summed E-state index contributed by atoms with van der Waals surface area (Å²) in [5.41, 5.74) is 3.52. The third kappa shape index (κ3) is 4.46. The predicted octanol–water partition coefficient (Wildman–Crippen LogP) is 3.33. The summed E-state index contributed by atoms with van der Waals surface area (Å²) >= 11 is 0. The molecule has 0 bridgehead atoms. The van der Waals surface area contributed by atoms with E-state index in [-0.39, 0.29) is 42.8 Å². The van der Waals surface area contributed by atoms with Gasteiger partial charge >= 0.3 is 0 Å². The van der Waals surface area contributed by atoms with E-state index in [0.717, 1.165) is 5.56 Å². The van der Waals surface area contributed by atoms with Gasteiger partial charge in [0, 0.05) is 24.2 Å². The van der Waals surface area contributed by atoms with Crippen molar-refractivity contribution in [2.24, 2.45) is 0 Å². The Balaban J connectivity index is 1.23. The summed E-state index contributed by atoms with van der Waals surface area (Å²) in [5.74, 6) is -0.845. The minimum absolute atomic E-state index is 0.0725. The van der Waals surface area contributed by atoms with Gasteiger partial charge in [-0.3, -0.25) is 28.6 Å². The van der Waals surface area contributed by atoms with E-state index in [0.29, 0.717) is 33.5 Å². The van der Waals surface area contributed by atoms with E-state index in [9.17, 15) is 19.2 Å². The molecule has 9 heteroatoms. The Morgan fingerprint density at radius 1 is 1.00 bits per heavy atom. The molecule has 1 aromatic heterocycles. The fraction of sp³-hybridized carbons (Fsp3) is 0.148. The van der Waals surface area contributed by atoms with Crippen LogP contribution in [0.3, 0.4) is 0 Å². The van der Waals surface area contributed by atoms with Crippen molar-refractivity contribution < 1.29 is 14.4 Å². The first kappa shape index (κ1) is 23.0. The number of rotatable bonds is 5. The topological polar surface area (TPSA) is 113 Å². The van der Waals surface area contributed by atoms with Crippen LogP contribution in [0.5, 0.6) is 0 Å². The lowest BCUT2D eigenvalue weighted by atomic mass is 10.1. The van der Waals surface area contributed by atoms with Gasteiger partial charge in [0.25, 0.3) is 11.5 Å². The van der Waals surface area contributed by atoms with Crippen LogP contribution < -0.4 is 21.1 Å². The van der Waals surface area contributed by atoms with Crippen molar-refractivity contribution in [2.75, 3.05) is 22.1 Å². The smallest absolute Gasteiger partial charge is 0.261 e. The molecule has 5 rings (SSSR count). The molecule has 2 heterocycles. The monoisotopic (exact) mass is 481 g/mol. The van der Waals surface area contributed by atoms with Crippen molar-refractivity contribution in [3.8, 4) is 0 Å². The van der Waals surface area contributed by atoms with Gasteiger partial charge in [0.1, 0.15) is 6.54 Å². The first-order chi connectivity index (χ1) is 17.4. The summed E-state index contributed by atoms with van der Waals surface area (Å²) in [6.07, 6.45) is 1.55. The van der Waals surface area contributed by atoms with Gasteiger partial charge in [0.2, 0.25) is 11.8 Å². The molecule has 2 N–H and O–H groups in total. The average molecular weight is 482 g/mol. The van der Waals surface area contributed by atoms with Crippen molar-refractivity contribution in [3.63, 3.8) is 0 Å². The van der Waals surface area contributed by atoms with E-state index >= 15 is 0 Å². The number of hydrogen-bond acceptors (Lipinski definition) is 5. The van der Waals surface area contributed by atoms with Gasteiger partial charge in [-0.15, -0.1) is 0 Å². The zero-order valence-electron chi connectivity index (χ0n) is 19.5. The lowest BCUT2D eigenvalue weighted by Crippen LogP contribution is -2.42. The molecule has 0 spiro atoms. The highest BCUT2D eigenvalue weighted by molar-refractivity contribution is 6.15. The standard InChI is InChI=1S/C27H23N5O4/c1-17-5-4-6-20-25(17)28-16-31(27(20)36)14-13-23(33)29-19-11-9-18(10-12-19)26(35)32-15-24(34)30-21-7-2-3-8-22(21)32/h2-12,16H,13-15H2,1H3,(H,29,33)(H,30,34). The maximum atomic E-state index is 13.1. The van der Waals surface area contributed by atoms with Gasteiger partial charge in [-0.1, -0.05) is 24.3 Å². The molecule has 36 heavy (non-hydrogen) atoms. The highest BCUT2D eigenvalue weighted by Gasteiger charge is 2.27. The Morgan fingerprint density at radius 3 is 2.58 bits per heavy atom. The van der Waals surface area contributed by atoms with Crippen molar-refractivity contribution in [2.45, 2.75) is 19.9 Å². The number of aromatic nitrogens is 2. The molecule has 3 aromatic carbocycles. The molecule has 3 amide bonds. The van der Waals surface area contributed by atoms with E-state index in [4.69, 9.17) is 0 Å². The fourth-order valence-corrected chi connectivity index (χ4v) is 4.21. The summed E-state index contributed by atoms with van der Waals surface area (Å²) in [6.45, 7) is 2.01. The summed E-state index contributed by atoms with van der Waals surface area (Å²) in [6, 6.07) is 19.0. The quantitative estimate of drug-likeness (QED) is 0.454. The number of anilines is 3. The SMILES string of the molecule is Cc1cccc2c(=O)n(CCC(=O)Nc3ccc(C(=O)N4CC(=O)Nc5ccccc54)cc3)cnc12. The van der Waals surface area contributed by atoms with E-state index in [1.54, 1.807) is 54.6 Å². The second-order valence-electron chi connectivity index (χ2n) is 8.55. The number of para-hydroxylation sites is 3. The lowest BCUT2D eigenvalue weighted by Gasteiger charge is -2.29. The van der Waals surface area contributed by atoms with Crippen molar-refractivity contribution in [1.29, 1.82) is 0 Å². The van der Waals surface area contributed by atoms with Crippen LogP contribution in [0.15, 0.2) is 77.9 Å². The number of nitrogens with zero attached hydrogens (tertiary/aromatic N) is 3. The molecule has 1 aliphatic heterocycles. The van der Waals surface area contributed by atoms with Gasteiger partial charge in [-0.25, -0.2) is 4.98 Å². The number of carbonyl (C=O) groups excluding carboxylic acids is 3. The number of fused-ring (bicyclic) bond motifs is 2. The van der Waals surface area contributed by atoms with Crippen molar-refractivity contribution >= 4 is 45.7 Å². The molecule has 0 unspecified atom stereocenters. The molecule has 0 atom stereocenters. The van der Waals surface area contributed by atoms with Crippen LogP contribution in [0.1, 0.15) is 22.3 Å². The number of hydrogen-bond donors (Lipinski definition) is 2. The highest BCUT2D eigenvalue weighted by Crippen LogP contribution is 2.30. The molecule has 0 saturated heterocycles. The number of aryl methyl sites for hydroxylation is 2. The van der Waals surface area contributed by atoms with Crippen molar-refractivity contribution in [3.05, 3.63) is 94.5 Å². The van der Waals surface area contributed by atoms with Gasteiger partial charge in [-0.2, -0.15) is 0 Å². The van der Waals surface area contributed by atoms with Crippen LogP contribution >= 0.6 is 0 Å². The normalized spacial score (nSPS) is 12.7. The Hall–Kier alpha value is -4.79. The number of amides is 3. The van der Waals surface area contributed by atoms with E-state index in [1.165, 1.54) is 15.8 Å². The zero-order valence-corrected chi connectivity index (χ0v) is 19.5. The van der Waals surface area contributed by atoms with Crippen LogP contribution in [-0.4, -0.2) is 33.8 Å². The van der Waals surface area contributed by atoms with Crippen LogP contribution in [0.25, 0.3) is 10.9 Å². The van der Waals surface area contributed by atoms with E-state index in [1.807, 2.05) is 19.1 Å². The molecule has 9 nitrogen and oxygen atoms in total. The second kappa shape index (κ2) is 9.46. The van der Waals surface area contributed by atoms with Gasteiger partial charge < -0.3 is 10.6 Å². The average Bonchev–Trinajstić information content (AvgIpc) is 2.88. The summed E-state index contributed by atoms with van der Waals surface area (Å²) in [7, 11) is 0. The summed E-state index contributed by atoms with van der Waals surface area (Å²) in [4.78, 5) is 56.1. The molecule has 4 aromatic rings. The molecule has 0 saturated carbocycles. The second-order valence-corrected chi connectivity index (χ2v) is 8.55. The van der Waals surface area contributed by atoms with Crippen LogP contribution in [0.2, 0.25) is 0 Å².